The maximum atomic E-state index is 9.33. The average molecular weight is 426 g/mol. The van der Waals surface area contributed by atoms with Gasteiger partial charge in [-0.05, 0) is 47.5 Å². The van der Waals surface area contributed by atoms with E-state index in [0.29, 0.717) is 23.5 Å². The highest BCUT2D eigenvalue weighted by atomic mass is 16.5. The summed E-state index contributed by atoms with van der Waals surface area (Å²) in [4.78, 5) is 7.93. The smallest absolute Gasteiger partial charge is 0.138 e. The summed E-state index contributed by atoms with van der Waals surface area (Å²) in [7, 11) is 0. The Bertz CT molecular complexity index is 1520. The van der Waals surface area contributed by atoms with Crippen molar-refractivity contribution in [1.82, 2.24) is 9.97 Å². The van der Waals surface area contributed by atoms with E-state index in [0.717, 1.165) is 39.1 Å². The quantitative estimate of drug-likeness (QED) is 0.361. The number of benzene rings is 4. The standard InChI is InChI=1S/C28H18N4O/c29-16-20-7-13-25-26(14-20)32-28(31-25)23-10-8-22(9-11-23)24-12-6-21(17-30)15-27(24)33-18-19-4-2-1-3-5-19/h1-15H,18H2,(H,31,32). The fourth-order valence-corrected chi connectivity index (χ4v) is 3.71. The first-order valence-corrected chi connectivity index (χ1v) is 10.4. The fraction of sp³-hybridized carbons (Fsp3) is 0.0357. The van der Waals surface area contributed by atoms with Crippen molar-refractivity contribution in [1.29, 1.82) is 10.5 Å². The molecule has 5 aromatic rings. The molecule has 5 heteroatoms. The average Bonchev–Trinajstić information content (AvgIpc) is 3.31. The lowest BCUT2D eigenvalue weighted by Crippen LogP contribution is -1.97. The molecule has 1 aromatic heterocycles. The van der Waals surface area contributed by atoms with Crippen LogP contribution in [0.3, 0.4) is 0 Å². The van der Waals surface area contributed by atoms with Crippen molar-refractivity contribution in [2.45, 2.75) is 6.61 Å². The molecule has 1 N–H and O–H groups in total. The lowest BCUT2D eigenvalue weighted by atomic mass is 10.0. The summed E-state index contributed by atoms with van der Waals surface area (Å²) in [5.74, 6) is 1.41. The van der Waals surface area contributed by atoms with E-state index >= 15 is 0 Å². The molecule has 33 heavy (non-hydrogen) atoms. The maximum Gasteiger partial charge on any atom is 0.138 e. The van der Waals surface area contributed by atoms with Gasteiger partial charge in [-0.2, -0.15) is 10.5 Å². The largest absolute Gasteiger partial charge is 0.488 e. The number of rotatable bonds is 5. The molecule has 0 unspecified atom stereocenters. The predicted octanol–water partition coefficient (Wildman–Crippen LogP) is 6.22. The molecular formula is C28H18N4O. The Morgan fingerprint density at radius 2 is 1.45 bits per heavy atom. The molecule has 0 radical (unpaired) electrons. The van der Waals surface area contributed by atoms with Crippen molar-refractivity contribution in [2.24, 2.45) is 0 Å². The SMILES string of the molecule is N#Cc1ccc(-c2ccc(-c3nc4ccc(C#N)cc4[nH]3)cc2)c(OCc2ccccc2)c1. The first-order chi connectivity index (χ1) is 16.2. The molecule has 0 bridgehead atoms. The molecule has 0 amide bonds. The van der Waals surface area contributed by atoms with E-state index in [9.17, 15) is 5.26 Å². The second kappa shape index (κ2) is 8.70. The summed E-state index contributed by atoms with van der Waals surface area (Å²) in [6.45, 7) is 0.421. The van der Waals surface area contributed by atoms with Crippen LogP contribution in [-0.4, -0.2) is 9.97 Å². The Hall–Kier alpha value is -4.87. The first-order valence-electron chi connectivity index (χ1n) is 10.4. The fourth-order valence-electron chi connectivity index (χ4n) is 3.71. The van der Waals surface area contributed by atoms with Gasteiger partial charge in [0.2, 0.25) is 0 Å². The third kappa shape index (κ3) is 4.17. The zero-order chi connectivity index (χ0) is 22.6. The van der Waals surface area contributed by atoms with E-state index < -0.39 is 0 Å². The zero-order valence-electron chi connectivity index (χ0n) is 17.6. The third-order valence-electron chi connectivity index (χ3n) is 5.43. The lowest BCUT2D eigenvalue weighted by Gasteiger charge is -2.13. The van der Waals surface area contributed by atoms with Crippen molar-refractivity contribution in [3.05, 3.63) is 108 Å². The van der Waals surface area contributed by atoms with Crippen LogP contribution in [0.5, 0.6) is 5.75 Å². The van der Waals surface area contributed by atoms with E-state index in [1.807, 2.05) is 66.7 Å². The molecule has 0 fully saturated rings. The van der Waals surface area contributed by atoms with Crippen LogP contribution in [0.25, 0.3) is 33.5 Å². The Labute approximate surface area is 191 Å². The molecule has 5 rings (SSSR count). The van der Waals surface area contributed by atoms with Gasteiger partial charge in [-0.1, -0.05) is 54.6 Å². The number of nitriles is 2. The monoisotopic (exact) mass is 426 g/mol. The van der Waals surface area contributed by atoms with Crippen LogP contribution >= 0.6 is 0 Å². The first kappa shape index (κ1) is 20.1. The van der Waals surface area contributed by atoms with Gasteiger partial charge in [-0.15, -0.1) is 0 Å². The molecule has 0 spiro atoms. The van der Waals surface area contributed by atoms with Crippen LogP contribution in [0, 0.1) is 22.7 Å². The molecule has 4 aromatic carbocycles. The molecule has 156 valence electrons. The van der Waals surface area contributed by atoms with Crippen molar-refractivity contribution in [3.8, 4) is 40.4 Å². The minimum atomic E-state index is 0.421. The summed E-state index contributed by atoms with van der Waals surface area (Å²) >= 11 is 0. The van der Waals surface area contributed by atoms with E-state index in [-0.39, 0.29) is 0 Å². The van der Waals surface area contributed by atoms with Crippen LogP contribution in [0.1, 0.15) is 16.7 Å². The molecule has 0 atom stereocenters. The molecule has 1 heterocycles. The van der Waals surface area contributed by atoms with Crippen LogP contribution in [0.2, 0.25) is 0 Å². The Morgan fingerprint density at radius 1 is 0.758 bits per heavy atom. The van der Waals surface area contributed by atoms with E-state index in [1.165, 1.54) is 0 Å². The Kier molecular flexibility index (Phi) is 5.29. The second-order valence-corrected chi connectivity index (χ2v) is 7.60. The number of nitrogens with one attached hydrogen (secondary N) is 1. The number of ether oxygens (including phenoxy) is 1. The van der Waals surface area contributed by atoms with Gasteiger partial charge < -0.3 is 9.72 Å². The summed E-state index contributed by atoms with van der Waals surface area (Å²) in [6.07, 6.45) is 0. The predicted molar refractivity (Wildman–Crippen MR) is 127 cm³/mol. The van der Waals surface area contributed by atoms with Gasteiger partial charge in [0, 0.05) is 11.1 Å². The van der Waals surface area contributed by atoms with E-state index in [4.69, 9.17) is 10.00 Å². The van der Waals surface area contributed by atoms with Crippen LogP contribution in [0.4, 0.5) is 0 Å². The van der Waals surface area contributed by atoms with Crippen molar-refractivity contribution >= 4 is 11.0 Å². The normalized spacial score (nSPS) is 10.5. The minimum Gasteiger partial charge on any atom is -0.488 e. The summed E-state index contributed by atoms with van der Waals surface area (Å²) in [5, 5.41) is 18.4. The summed E-state index contributed by atoms with van der Waals surface area (Å²) in [5.41, 5.74) is 6.69. The van der Waals surface area contributed by atoms with Gasteiger partial charge in [0.15, 0.2) is 0 Å². The molecule has 0 aliphatic heterocycles. The minimum absolute atomic E-state index is 0.421. The zero-order valence-corrected chi connectivity index (χ0v) is 17.6. The topological polar surface area (TPSA) is 85.5 Å². The lowest BCUT2D eigenvalue weighted by molar-refractivity contribution is 0.307. The highest BCUT2D eigenvalue weighted by molar-refractivity contribution is 5.81. The van der Waals surface area contributed by atoms with E-state index in [2.05, 4.69) is 22.1 Å². The number of imidazole rings is 1. The summed E-state index contributed by atoms with van der Waals surface area (Å²) in [6, 6.07) is 33.2. The molecule has 0 saturated carbocycles. The number of nitrogens with zero attached hydrogens (tertiary/aromatic N) is 3. The summed E-state index contributed by atoms with van der Waals surface area (Å²) < 4.78 is 6.10. The molecular weight excluding hydrogens is 408 g/mol. The van der Waals surface area contributed by atoms with Crippen molar-refractivity contribution in [2.75, 3.05) is 0 Å². The Balaban J connectivity index is 1.45. The molecule has 0 aliphatic rings. The van der Waals surface area contributed by atoms with Gasteiger partial charge in [0.1, 0.15) is 18.2 Å². The van der Waals surface area contributed by atoms with Crippen LogP contribution in [0.15, 0.2) is 91.0 Å². The van der Waals surface area contributed by atoms with Gasteiger partial charge >= 0.3 is 0 Å². The highest BCUT2D eigenvalue weighted by Crippen LogP contribution is 2.33. The van der Waals surface area contributed by atoms with Gasteiger partial charge in [0.05, 0.1) is 34.3 Å². The molecule has 5 nitrogen and oxygen atoms in total. The molecule has 0 saturated heterocycles. The number of aromatic amines is 1. The highest BCUT2D eigenvalue weighted by Gasteiger charge is 2.11. The Morgan fingerprint density at radius 3 is 2.21 bits per heavy atom. The number of aromatic nitrogens is 2. The van der Waals surface area contributed by atoms with Gasteiger partial charge in [0.25, 0.3) is 0 Å². The van der Waals surface area contributed by atoms with Crippen molar-refractivity contribution < 1.29 is 4.74 Å². The molecule has 0 aliphatic carbocycles. The third-order valence-corrected chi connectivity index (χ3v) is 5.43. The second-order valence-electron chi connectivity index (χ2n) is 7.60. The number of fused-ring (bicyclic) bond motifs is 1. The van der Waals surface area contributed by atoms with Crippen LogP contribution in [-0.2, 0) is 6.61 Å². The van der Waals surface area contributed by atoms with Gasteiger partial charge in [-0.25, -0.2) is 4.98 Å². The number of hydrogen-bond donors (Lipinski definition) is 1. The van der Waals surface area contributed by atoms with Crippen LogP contribution < -0.4 is 4.74 Å². The maximum absolute atomic E-state index is 9.33. The van der Waals surface area contributed by atoms with Crippen molar-refractivity contribution in [3.63, 3.8) is 0 Å². The van der Waals surface area contributed by atoms with Gasteiger partial charge in [-0.3, -0.25) is 0 Å². The number of H-pyrrole nitrogens is 1. The van der Waals surface area contributed by atoms with E-state index in [1.54, 1.807) is 24.3 Å². The number of hydrogen-bond acceptors (Lipinski definition) is 4.